The van der Waals surface area contributed by atoms with E-state index in [2.05, 4.69) is 20.3 Å². The van der Waals surface area contributed by atoms with Crippen molar-refractivity contribution >= 4 is 23.5 Å². The largest absolute Gasteiger partial charge is 0.497 e. The van der Waals surface area contributed by atoms with Gasteiger partial charge in [-0.1, -0.05) is 0 Å². The number of rotatable bonds is 4. The van der Waals surface area contributed by atoms with Gasteiger partial charge in [0, 0.05) is 38.3 Å². The minimum absolute atomic E-state index is 0.00750. The summed E-state index contributed by atoms with van der Waals surface area (Å²) in [6.45, 7) is 3.21. The van der Waals surface area contributed by atoms with Gasteiger partial charge in [0.2, 0.25) is 17.8 Å². The zero-order valence-corrected chi connectivity index (χ0v) is 15.2. The molecule has 0 bridgehead atoms. The van der Waals surface area contributed by atoms with Crippen LogP contribution in [0.2, 0.25) is 0 Å². The van der Waals surface area contributed by atoms with Crippen LogP contribution < -0.4 is 15.0 Å². The van der Waals surface area contributed by atoms with Gasteiger partial charge in [0.25, 0.3) is 0 Å². The number of fused-ring (bicyclic) bond motifs is 1. The summed E-state index contributed by atoms with van der Waals surface area (Å²) >= 11 is 0. The summed E-state index contributed by atoms with van der Waals surface area (Å²) in [5.41, 5.74) is 1.12. The Hall–Kier alpha value is -3.10. The second-order valence-electron chi connectivity index (χ2n) is 6.72. The van der Waals surface area contributed by atoms with Gasteiger partial charge in [-0.2, -0.15) is 10.1 Å². The third-order valence-electron chi connectivity index (χ3n) is 5.11. The van der Waals surface area contributed by atoms with E-state index in [1.165, 1.54) is 6.33 Å². The first-order chi connectivity index (χ1) is 13.1. The van der Waals surface area contributed by atoms with E-state index in [0.717, 1.165) is 24.5 Å². The van der Waals surface area contributed by atoms with Gasteiger partial charge in [-0.3, -0.25) is 14.9 Å². The number of nitrogens with one attached hydrogen (secondary N) is 1. The minimum atomic E-state index is -0.411. The van der Waals surface area contributed by atoms with Gasteiger partial charge in [0.05, 0.1) is 19.6 Å². The average Bonchev–Trinajstić information content (AvgIpc) is 3.15. The first-order valence-corrected chi connectivity index (χ1v) is 8.99. The number of methoxy groups -OCH3 is 1. The fourth-order valence-corrected chi connectivity index (χ4v) is 3.50. The predicted molar refractivity (Wildman–Crippen MR) is 98.5 cm³/mol. The van der Waals surface area contributed by atoms with Crippen molar-refractivity contribution in [3.63, 3.8) is 0 Å². The number of carbonyl (C=O) groups is 2. The quantitative estimate of drug-likeness (QED) is 0.847. The summed E-state index contributed by atoms with van der Waals surface area (Å²) in [7, 11) is 1.65. The molecular formula is C18H22N6O3. The number of piperazine rings is 1. The van der Waals surface area contributed by atoms with E-state index in [1.54, 1.807) is 11.8 Å². The zero-order valence-electron chi connectivity index (χ0n) is 15.2. The molecule has 2 aliphatic heterocycles. The maximum atomic E-state index is 12.7. The highest BCUT2D eigenvalue weighted by molar-refractivity contribution is 5.95. The molecule has 0 radical (unpaired) electrons. The third-order valence-corrected chi connectivity index (χ3v) is 5.11. The molecule has 1 aromatic carbocycles. The molecular weight excluding hydrogens is 348 g/mol. The molecule has 0 spiro atoms. The lowest BCUT2D eigenvalue weighted by Gasteiger charge is -2.36. The minimum Gasteiger partial charge on any atom is -0.497 e. The van der Waals surface area contributed by atoms with Crippen LogP contribution in [0.1, 0.15) is 6.42 Å². The lowest BCUT2D eigenvalue weighted by molar-refractivity contribution is -0.135. The van der Waals surface area contributed by atoms with Crippen LogP contribution >= 0.6 is 0 Å². The Kier molecular flexibility index (Phi) is 4.66. The number of hydrogen-bond donors (Lipinski definition) is 1. The number of ether oxygens (including phenoxy) is 1. The van der Waals surface area contributed by atoms with Crippen LogP contribution in [0, 0.1) is 5.92 Å². The van der Waals surface area contributed by atoms with Gasteiger partial charge in [0.1, 0.15) is 12.1 Å². The van der Waals surface area contributed by atoms with Crippen LogP contribution in [0.5, 0.6) is 5.75 Å². The van der Waals surface area contributed by atoms with Crippen molar-refractivity contribution < 1.29 is 14.3 Å². The second kappa shape index (κ2) is 7.26. The Morgan fingerprint density at radius 3 is 2.67 bits per heavy atom. The molecule has 2 aromatic rings. The van der Waals surface area contributed by atoms with Crippen molar-refractivity contribution in [3.8, 4) is 5.75 Å². The van der Waals surface area contributed by atoms with Crippen LogP contribution in [0.15, 0.2) is 30.6 Å². The molecule has 0 aliphatic carbocycles. The fraction of sp³-hybridized carbons (Fsp3) is 0.444. The highest BCUT2D eigenvalue weighted by atomic mass is 16.5. The number of hydrogen-bond acceptors (Lipinski definition) is 6. The first-order valence-electron chi connectivity index (χ1n) is 8.99. The highest BCUT2D eigenvalue weighted by Gasteiger charge is 2.31. The third kappa shape index (κ3) is 3.57. The number of anilines is 2. The van der Waals surface area contributed by atoms with Crippen LogP contribution in [-0.2, 0) is 16.1 Å². The molecule has 2 amide bonds. The molecule has 0 unspecified atom stereocenters. The van der Waals surface area contributed by atoms with E-state index < -0.39 is 5.92 Å². The molecule has 9 heteroatoms. The molecule has 4 rings (SSSR count). The highest BCUT2D eigenvalue weighted by Crippen LogP contribution is 2.22. The summed E-state index contributed by atoms with van der Waals surface area (Å²) in [4.78, 5) is 32.9. The van der Waals surface area contributed by atoms with Gasteiger partial charge >= 0.3 is 0 Å². The van der Waals surface area contributed by atoms with E-state index in [4.69, 9.17) is 4.74 Å². The number of benzene rings is 1. The van der Waals surface area contributed by atoms with Crippen molar-refractivity contribution in [1.82, 2.24) is 19.7 Å². The Labute approximate surface area is 156 Å². The molecule has 0 saturated carbocycles. The van der Waals surface area contributed by atoms with E-state index in [1.807, 2.05) is 29.2 Å². The van der Waals surface area contributed by atoms with Crippen molar-refractivity contribution in [1.29, 1.82) is 0 Å². The molecule has 1 saturated heterocycles. The van der Waals surface area contributed by atoms with Gasteiger partial charge in [-0.25, -0.2) is 4.68 Å². The van der Waals surface area contributed by atoms with E-state index >= 15 is 0 Å². The summed E-state index contributed by atoms with van der Waals surface area (Å²) in [5.74, 6) is 0.700. The predicted octanol–water partition coefficient (Wildman–Crippen LogP) is 0.594. The maximum Gasteiger partial charge on any atom is 0.232 e. The molecule has 27 heavy (non-hydrogen) atoms. The molecule has 1 fully saturated rings. The number of carbonyl (C=O) groups excluding carboxylic acids is 2. The molecule has 142 valence electrons. The van der Waals surface area contributed by atoms with Crippen LogP contribution in [0.25, 0.3) is 0 Å². The average molecular weight is 370 g/mol. The Morgan fingerprint density at radius 1 is 1.22 bits per heavy atom. The maximum absolute atomic E-state index is 12.7. The van der Waals surface area contributed by atoms with Gasteiger partial charge < -0.3 is 14.5 Å². The Bertz CT molecular complexity index is 826. The van der Waals surface area contributed by atoms with E-state index in [9.17, 15) is 9.59 Å². The van der Waals surface area contributed by atoms with Crippen molar-refractivity contribution in [2.75, 3.05) is 43.5 Å². The van der Waals surface area contributed by atoms with E-state index in [0.29, 0.717) is 25.6 Å². The number of amides is 2. The van der Waals surface area contributed by atoms with Crippen LogP contribution in [0.3, 0.4) is 0 Å². The number of aromatic nitrogens is 3. The summed E-state index contributed by atoms with van der Waals surface area (Å²) in [5, 5.41) is 6.76. The fourth-order valence-electron chi connectivity index (χ4n) is 3.50. The van der Waals surface area contributed by atoms with Gasteiger partial charge in [-0.05, 0) is 24.3 Å². The van der Waals surface area contributed by atoms with Gasteiger partial charge in [-0.15, -0.1) is 0 Å². The van der Waals surface area contributed by atoms with Crippen molar-refractivity contribution in [3.05, 3.63) is 30.6 Å². The summed E-state index contributed by atoms with van der Waals surface area (Å²) in [6, 6.07) is 7.93. The topological polar surface area (TPSA) is 92.6 Å². The molecule has 1 N–H and O–H groups in total. The summed E-state index contributed by atoms with van der Waals surface area (Å²) < 4.78 is 6.81. The van der Waals surface area contributed by atoms with Crippen molar-refractivity contribution in [2.24, 2.45) is 5.92 Å². The van der Waals surface area contributed by atoms with Crippen molar-refractivity contribution in [2.45, 2.75) is 13.0 Å². The number of nitrogens with zero attached hydrogens (tertiary/aromatic N) is 5. The summed E-state index contributed by atoms with van der Waals surface area (Å²) in [6.07, 6.45) is 1.59. The molecule has 3 heterocycles. The van der Waals surface area contributed by atoms with Crippen LogP contribution in [0.4, 0.5) is 11.6 Å². The van der Waals surface area contributed by atoms with E-state index in [-0.39, 0.29) is 18.2 Å². The standard InChI is InChI=1S/C18H22N6O3/c1-27-15-4-2-14(3-5-15)22-6-8-23(9-7-22)16(25)10-13-11-24-18(19-12-20-24)21-17(13)26/h2-5,12-13H,6-11H2,1H3,(H,19,20,21,26)/t13-/m0/s1. The lowest BCUT2D eigenvalue weighted by atomic mass is 10.0. The molecule has 2 aliphatic rings. The van der Waals surface area contributed by atoms with Crippen LogP contribution in [-0.4, -0.2) is 64.8 Å². The Balaban J connectivity index is 1.31. The molecule has 1 atom stereocenters. The first kappa shape index (κ1) is 17.3. The zero-order chi connectivity index (χ0) is 18.8. The normalized spacial score (nSPS) is 19.4. The second-order valence-corrected chi connectivity index (χ2v) is 6.72. The molecule has 1 aromatic heterocycles. The Morgan fingerprint density at radius 2 is 1.96 bits per heavy atom. The lowest BCUT2D eigenvalue weighted by Crippen LogP contribution is -2.49. The SMILES string of the molecule is COc1ccc(N2CCN(C(=O)C[C@H]3Cn4ncnc4NC3=O)CC2)cc1. The van der Waals surface area contributed by atoms with Gasteiger partial charge in [0.15, 0.2) is 0 Å². The monoisotopic (exact) mass is 370 g/mol. The smallest absolute Gasteiger partial charge is 0.232 e. The molecule has 9 nitrogen and oxygen atoms in total.